The Bertz CT molecular complexity index is 554. The van der Waals surface area contributed by atoms with Gasteiger partial charge in [-0.3, -0.25) is 0 Å². The van der Waals surface area contributed by atoms with Gasteiger partial charge < -0.3 is 20.6 Å². The Morgan fingerprint density at radius 1 is 1.21 bits per heavy atom. The molecule has 0 amide bonds. The molecule has 0 saturated carbocycles. The van der Waals surface area contributed by atoms with Crippen molar-refractivity contribution in [1.82, 2.24) is 0 Å². The summed E-state index contributed by atoms with van der Waals surface area (Å²) in [6.07, 6.45) is 3.43. The van der Waals surface area contributed by atoms with Crippen LogP contribution in [0.25, 0.3) is 11.3 Å². The standard InChI is InChI=1S/C11H6BrS.C4H10N.2CH3.2ClH.Si.Zr/c12-9-1-2-10-7(4-9)3-8-5-13-6-11(8)10;1-4(2,3)5;;;;;;/h1-2,4,6H,5H2;5H,1-3H3;2*1H3;2*1H;;/q4*-1;;;;. The van der Waals surface area contributed by atoms with Gasteiger partial charge in [-0.2, -0.15) is 0 Å². The van der Waals surface area contributed by atoms with Crippen LogP contribution in [0.1, 0.15) is 31.9 Å². The van der Waals surface area contributed by atoms with Gasteiger partial charge in [0.15, 0.2) is 0 Å². The first-order valence-corrected chi connectivity index (χ1v) is 12.1. The second kappa shape index (κ2) is 15.2. The maximum atomic E-state index is 6.94. The predicted molar refractivity (Wildman–Crippen MR) is 118 cm³/mol. The van der Waals surface area contributed by atoms with Gasteiger partial charge in [-0.25, -0.2) is 0 Å². The molecule has 0 atom stereocenters. The number of halogens is 3. The quantitative estimate of drug-likeness (QED) is 0.260. The number of thioether (sulfide) groups is 1. The van der Waals surface area contributed by atoms with Crippen LogP contribution in [0, 0.1) is 20.9 Å². The summed E-state index contributed by atoms with van der Waals surface area (Å²) in [7, 11) is 0. The Kier molecular flexibility index (Phi) is 20.8. The number of benzene rings is 1. The average Bonchev–Trinajstić information content (AvgIpc) is 2.88. The Labute approximate surface area is 190 Å². The molecule has 0 bridgehead atoms. The minimum absolute atomic E-state index is 0. The Balaban J connectivity index is -0.000000162. The first kappa shape index (κ1) is 32.8. The molecule has 1 nitrogen and oxygen atoms in total. The van der Waals surface area contributed by atoms with Crippen molar-refractivity contribution in [3.05, 3.63) is 71.4 Å². The van der Waals surface area contributed by atoms with Crippen LogP contribution in [0.3, 0.4) is 0 Å². The summed E-state index contributed by atoms with van der Waals surface area (Å²) in [5.41, 5.74) is 12.0. The van der Waals surface area contributed by atoms with E-state index >= 15 is 0 Å². The molecule has 24 heavy (non-hydrogen) atoms. The van der Waals surface area contributed by atoms with E-state index in [9.17, 15) is 0 Å². The summed E-state index contributed by atoms with van der Waals surface area (Å²) in [5, 5.41) is 2.24. The summed E-state index contributed by atoms with van der Waals surface area (Å²) in [4.78, 5) is 0. The van der Waals surface area contributed by atoms with Crippen molar-refractivity contribution in [2.75, 3.05) is 5.75 Å². The Morgan fingerprint density at radius 2 is 1.71 bits per heavy atom. The second-order valence-corrected chi connectivity index (χ2v) is 7.16. The van der Waals surface area contributed by atoms with Crippen LogP contribution in [-0.2, 0) is 23.3 Å². The summed E-state index contributed by atoms with van der Waals surface area (Å²) < 4.78 is 1.13. The second-order valence-electron chi connectivity index (χ2n) is 5.39. The van der Waals surface area contributed by atoms with Gasteiger partial charge in [0.25, 0.3) is 0 Å². The van der Waals surface area contributed by atoms with Gasteiger partial charge in [0.1, 0.15) is 0 Å². The molecule has 0 spiro atoms. The molecule has 2 radical (unpaired) electrons. The summed E-state index contributed by atoms with van der Waals surface area (Å²) in [6.45, 7) is 8.62. The molecule has 1 N–H and O–H groups in total. The third-order valence-corrected chi connectivity index (χ3v) is 3.66. The molecule has 7 heteroatoms. The fraction of sp³-hybridized carbons (Fsp3) is 0.294. The van der Waals surface area contributed by atoms with Gasteiger partial charge in [0, 0.05) is 5.75 Å². The van der Waals surface area contributed by atoms with E-state index < -0.39 is 0 Å². The van der Waals surface area contributed by atoms with Gasteiger partial charge in [-0.05, 0) is 4.47 Å². The first-order chi connectivity index (χ1) is 9.34. The van der Waals surface area contributed by atoms with Gasteiger partial charge in [-0.15, -0.1) is 82.6 Å². The third-order valence-electron chi connectivity index (χ3n) is 2.31. The SMILES string of the molecule is Brc1ccc2c(c1)[C-]=C1CSC=C12.CC(C)(C)[NH-].Cl.Cl.[CH3-].[CH3-].[Si]=[Zr]. The van der Waals surface area contributed by atoms with Gasteiger partial charge >= 0.3 is 30.2 Å². The number of hydrogen-bond acceptors (Lipinski definition) is 1. The van der Waals surface area contributed by atoms with Crippen LogP contribution in [0.15, 0.2) is 33.7 Å². The maximum absolute atomic E-state index is 6.94. The van der Waals surface area contributed by atoms with Crippen LogP contribution in [-0.4, -0.2) is 18.2 Å². The molecule has 1 aromatic carbocycles. The van der Waals surface area contributed by atoms with Crippen LogP contribution >= 0.6 is 52.5 Å². The molecule has 3 rings (SSSR count). The summed E-state index contributed by atoms with van der Waals surface area (Å²) in [6, 6.07) is 6.39. The van der Waals surface area contributed by atoms with Crippen molar-refractivity contribution in [1.29, 1.82) is 0 Å². The Hall–Kier alpha value is 1.17. The number of nitrogens with one attached hydrogen (secondary N) is 1. The van der Waals surface area contributed by atoms with Crippen LogP contribution in [0.4, 0.5) is 0 Å². The van der Waals surface area contributed by atoms with Crippen molar-refractivity contribution >= 4 is 65.0 Å². The normalized spacial score (nSPS) is 12.3. The third kappa shape index (κ3) is 11.0. The molecule has 1 heterocycles. The van der Waals surface area contributed by atoms with Crippen molar-refractivity contribution in [3.8, 4) is 0 Å². The summed E-state index contributed by atoms with van der Waals surface area (Å²) >= 11 is 6.69. The van der Waals surface area contributed by atoms with Gasteiger partial charge in [-0.1, -0.05) is 48.2 Å². The topological polar surface area (TPSA) is 23.8 Å². The van der Waals surface area contributed by atoms with E-state index in [1.165, 1.54) is 45.6 Å². The molecule has 136 valence electrons. The van der Waals surface area contributed by atoms with E-state index in [2.05, 4.69) is 52.5 Å². The van der Waals surface area contributed by atoms with Crippen LogP contribution in [0.2, 0.25) is 0 Å². The molecule has 1 aliphatic heterocycles. The molecule has 0 unspecified atom stereocenters. The van der Waals surface area contributed by atoms with E-state index in [1.807, 2.05) is 32.5 Å². The zero-order chi connectivity index (χ0) is 15.3. The van der Waals surface area contributed by atoms with Gasteiger partial charge in [0.2, 0.25) is 0 Å². The molecule has 0 saturated heterocycles. The fourth-order valence-electron chi connectivity index (χ4n) is 1.70. The number of rotatable bonds is 0. The van der Waals surface area contributed by atoms with E-state index in [-0.39, 0.29) is 45.2 Å². The van der Waals surface area contributed by atoms with Crippen LogP contribution in [0.5, 0.6) is 0 Å². The molecule has 2 aliphatic rings. The summed E-state index contributed by atoms with van der Waals surface area (Å²) in [5.74, 6) is 1.08. The van der Waals surface area contributed by atoms with Crippen molar-refractivity contribution in [3.63, 3.8) is 0 Å². The van der Waals surface area contributed by atoms with Crippen molar-refractivity contribution in [2.45, 2.75) is 26.3 Å². The van der Waals surface area contributed by atoms with Crippen molar-refractivity contribution in [2.24, 2.45) is 0 Å². The molecule has 0 aromatic heterocycles. The first-order valence-electron chi connectivity index (χ1n) is 6.09. The van der Waals surface area contributed by atoms with Crippen molar-refractivity contribution < 1.29 is 23.3 Å². The van der Waals surface area contributed by atoms with E-state index in [1.54, 1.807) is 0 Å². The fourth-order valence-corrected chi connectivity index (χ4v) is 2.98. The Morgan fingerprint density at radius 3 is 2.21 bits per heavy atom. The molecule has 0 fully saturated rings. The van der Waals surface area contributed by atoms with E-state index in [4.69, 9.17) is 5.73 Å². The molecular weight excluding hydrogens is 520 g/mol. The number of fused-ring (bicyclic) bond motifs is 3. The average molecular weight is 545 g/mol. The molecular formula is C17H24BrCl2NSSiZr-4. The minimum atomic E-state index is -0.250. The molecule has 1 aromatic rings. The number of hydrogen-bond donors (Lipinski definition) is 0. The molecule has 1 aliphatic carbocycles. The monoisotopic (exact) mass is 541 g/mol. The van der Waals surface area contributed by atoms with E-state index in [0.717, 1.165) is 10.2 Å². The predicted octanol–water partition coefficient (Wildman–Crippen LogP) is 6.83. The zero-order valence-corrected chi connectivity index (χ0v) is 22.1. The van der Waals surface area contributed by atoms with Crippen LogP contribution < -0.4 is 0 Å². The number of allylic oxidation sites excluding steroid dienone is 1. The van der Waals surface area contributed by atoms with E-state index in [0.29, 0.717) is 0 Å². The zero-order valence-electron chi connectivity index (χ0n) is 14.6. The van der Waals surface area contributed by atoms with Gasteiger partial charge in [0.05, 0.1) is 0 Å².